The molecule has 0 saturated heterocycles. The van der Waals surface area contributed by atoms with Crippen molar-refractivity contribution >= 4 is 29.1 Å². The second kappa shape index (κ2) is 6.35. The van der Waals surface area contributed by atoms with Crippen LogP contribution in [-0.2, 0) is 10.2 Å². The fourth-order valence-electron chi connectivity index (χ4n) is 1.83. The molecule has 1 heterocycles. The van der Waals surface area contributed by atoms with Gasteiger partial charge in [-0.25, -0.2) is 9.97 Å². The van der Waals surface area contributed by atoms with E-state index in [2.05, 4.69) is 21.8 Å². The Morgan fingerprint density at radius 2 is 1.91 bits per heavy atom. The number of carbonyl (C=O) groups is 1. The lowest BCUT2D eigenvalue weighted by Crippen LogP contribution is -2.36. The average molecular weight is 334 g/mol. The molecule has 0 saturated carbocycles. The van der Waals surface area contributed by atoms with Gasteiger partial charge in [-0.05, 0) is 43.0 Å². The monoisotopic (exact) mass is 333 g/mol. The van der Waals surface area contributed by atoms with Crippen LogP contribution in [0, 0.1) is 11.8 Å². The maximum Gasteiger partial charge on any atom is 0.227 e. The Kier molecular flexibility index (Phi) is 4.70. The minimum atomic E-state index is -0.835. The van der Waals surface area contributed by atoms with Crippen LogP contribution in [-0.4, -0.2) is 15.9 Å². The number of hydrogen-bond donors (Lipinski definition) is 1. The van der Waals surface area contributed by atoms with Gasteiger partial charge in [-0.15, -0.1) is 0 Å². The van der Waals surface area contributed by atoms with Crippen LogP contribution in [0.2, 0.25) is 10.3 Å². The lowest BCUT2D eigenvalue weighted by molar-refractivity contribution is -0.122. The lowest BCUT2D eigenvalue weighted by Gasteiger charge is -2.22. The molecule has 0 radical (unpaired) electrons. The van der Waals surface area contributed by atoms with Crippen molar-refractivity contribution < 1.29 is 4.79 Å². The van der Waals surface area contributed by atoms with E-state index in [-0.39, 0.29) is 5.28 Å². The molecule has 22 heavy (non-hydrogen) atoms. The van der Waals surface area contributed by atoms with Gasteiger partial charge in [0.05, 0.1) is 16.6 Å². The van der Waals surface area contributed by atoms with E-state index in [1.54, 1.807) is 13.8 Å². The highest BCUT2D eigenvalue weighted by Crippen LogP contribution is 2.26. The van der Waals surface area contributed by atoms with Crippen molar-refractivity contribution in [2.24, 2.45) is 5.73 Å². The Bertz CT molecular complexity index is 791. The molecule has 0 unspecified atom stereocenters. The molecule has 1 aromatic carbocycles. The maximum absolute atomic E-state index is 11.7. The molecule has 1 amide bonds. The van der Waals surface area contributed by atoms with Crippen LogP contribution in [0.1, 0.15) is 30.7 Å². The van der Waals surface area contributed by atoms with Crippen molar-refractivity contribution in [3.63, 3.8) is 0 Å². The molecule has 2 rings (SSSR count). The third kappa shape index (κ3) is 3.38. The van der Waals surface area contributed by atoms with E-state index in [1.807, 2.05) is 24.3 Å². The standard InChI is InChI=1S/C16H13Cl2N3O/c1-16(2,14(19)22)11-6-4-3-5-10(11)7-8-13-12(17)9-20-15(18)21-13/h3-6,9H,1-2H3,(H2,19,22). The van der Waals surface area contributed by atoms with Crippen LogP contribution in [0.5, 0.6) is 0 Å². The van der Waals surface area contributed by atoms with E-state index in [9.17, 15) is 4.79 Å². The SMILES string of the molecule is CC(C)(C(N)=O)c1ccccc1C#Cc1nc(Cl)ncc1Cl. The van der Waals surface area contributed by atoms with Gasteiger partial charge in [0.15, 0.2) is 0 Å². The zero-order valence-corrected chi connectivity index (χ0v) is 13.5. The number of primary amides is 1. The van der Waals surface area contributed by atoms with E-state index in [1.165, 1.54) is 6.20 Å². The maximum atomic E-state index is 11.7. The third-order valence-electron chi connectivity index (χ3n) is 3.25. The van der Waals surface area contributed by atoms with Gasteiger partial charge in [0.25, 0.3) is 0 Å². The van der Waals surface area contributed by atoms with Gasteiger partial charge < -0.3 is 5.73 Å². The van der Waals surface area contributed by atoms with E-state index >= 15 is 0 Å². The van der Waals surface area contributed by atoms with E-state index in [0.717, 1.165) is 5.56 Å². The zero-order chi connectivity index (χ0) is 16.3. The van der Waals surface area contributed by atoms with Gasteiger partial charge >= 0.3 is 0 Å². The first-order valence-electron chi connectivity index (χ1n) is 6.42. The van der Waals surface area contributed by atoms with E-state index < -0.39 is 11.3 Å². The summed E-state index contributed by atoms with van der Waals surface area (Å²) in [5.41, 5.74) is 6.39. The zero-order valence-electron chi connectivity index (χ0n) is 12.0. The average Bonchev–Trinajstić information content (AvgIpc) is 2.48. The lowest BCUT2D eigenvalue weighted by atomic mass is 9.81. The Balaban J connectivity index is 2.51. The molecule has 0 aliphatic carbocycles. The van der Waals surface area contributed by atoms with Crippen molar-refractivity contribution in [2.75, 3.05) is 0 Å². The van der Waals surface area contributed by atoms with Crippen LogP contribution in [0.15, 0.2) is 30.5 Å². The van der Waals surface area contributed by atoms with Crippen LogP contribution in [0.25, 0.3) is 0 Å². The second-order valence-corrected chi connectivity index (χ2v) is 5.87. The molecule has 2 N–H and O–H groups in total. The van der Waals surface area contributed by atoms with Crippen LogP contribution in [0.3, 0.4) is 0 Å². The van der Waals surface area contributed by atoms with Gasteiger partial charge in [-0.3, -0.25) is 4.79 Å². The summed E-state index contributed by atoms with van der Waals surface area (Å²) in [7, 11) is 0. The van der Waals surface area contributed by atoms with Gasteiger partial charge in [0, 0.05) is 5.56 Å². The van der Waals surface area contributed by atoms with Gasteiger partial charge in [-0.2, -0.15) is 0 Å². The predicted molar refractivity (Wildman–Crippen MR) is 86.7 cm³/mol. The molecule has 0 aliphatic heterocycles. The fraction of sp³-hybridized carbons (Fsp3) is 0.188. The Hall–Kier alpha value is -2.09. The van der Waals surface area contributed by atoms with Crippen molar-refractivity contribution in [2.45, 2.75) is 19.3 Å². The van der Waals surface area contributed by atoms with Crippen molar-refractivity contribution in [1.29, 1.82) is 0 Å². The minimum Gasteiger partial charge on any atom is -0.369 e. The number of amides is 1. The molecule has 0 bridgehead atoms. The second-order valence-electron chi connectivity index (χ2n) is 5.12. The summed E-state index contributed by atoms with van der Waals surface area (Å²) < 4.78 is 0. The third-order valence-corrected chi connectivity index (χ3v) is 3.71. The summed E-state index contributed by atoms with van der Waals surface area (Å²) in [6.45, 7) is 3.51. The fourth-order valence-corrected chi connectivity index (χ4v) is 2.10. The number of rotatable bonds is 2. The molecule has 112 valence electrons. The highest BCUT2D eigenvalue weighted by atomic mass is 35.5. The number of halogens is 2. The molecule has 4 nitrogen and oxygen atoms in total. The largest absolute Gasteiger partial charge is 0.369 e. The molecule has 0 spiro atoms. The first-order valence-corrected chi connectivity index (χ1v) is 7.17. The Morgan fingerprint density at radius 3 is 2.59 bits per heavy atom. The highest BCUT2D eigenvalue weighted by Gasteiger charge is 2.29. The molecular formula is C16H13Cl2N3O. The summed E-state index contributed by atoms with van der Waals surface area (Å²) in [6, 6.07) is 7.30. The predicted octanol–water partition coefficient (Wildman–Crippen LogP) is 2.95. The molecule has 1 aromatic heterocycles. The molecular weight excluding hydrogens is 321 g/mol. The number of carbonyl (C=O) groups excluding carboxylic acids is 1. The number of nitrogens with zero attached hydrogens (tertiary/aromatic N) is 2. The number of benzene rings is 1. The van der Waals surface area contributed by atoms with Gasteiger partial charge in [-0.1, -0.05) is 35.7 Å². The number of nitrogens with two attached hydrogens (primary N) is 1. The quantitative estimate of drug-likeness (QED) is 0.678. The van der Waals surface area contributed by atoms with E-state index in [0.29, 0.717) is 16.3 Å². The minimum absolute atomic E-state index is 0.0689. The molecule has 0 fully saturated rings. The summed E-state index contributed by atoms with van der Waals surface area (Å²) in [5, 5.41) is 0.378. The molecule has 2 aromatic rings. The summed E-state index contributed by atoms with van der Waals surface area (Å²) in [4.78, 5) is 19.4. The highest BCUT2D eigenvalue weighted by molar-refractivity contribution is 6.32. The number of aromatic nitrogens is 2. The molecule has 0 aliphatic rings. The first-order chi connectivity index (χ1) is 10.3. The summed E-state index contributed by atoms with van der Waals surface area (Å²) in [5.74, 6) is 5.39. The van der Waals surface area contributed by atoms with Crippen LogP contribution in [0.4, 0.5) is 0 Å². The summed E-state index contributed by atoms with van der Waals surface area (Å²) in [6.07, 6.45) is 1.39. The van der Waals surface area contributed by atoms with Crippen molar-refractivity contribution in [3.05, 3.63) is 57.6 Å². The first kappa shape index (κ1) is 16.3. The number of hydrogen-bond acceptors (Lipinski definition) is 3. The summed E-state index contributed by atoms with van der Waals surface area (Å²) >= 11 is 11.7. The van der Waals surface area contributed by atoms with Crippen LogP contribution < -0.4 is 5.73 Å². The van der Waals surface area contributed by atoms with Crippen molar-refractivity contribution in [3.8, 4) is 11.8 Å². The topological polar surface area (TPSA) is 68.9 Å². The Labute approximate surface area is 138 Å². The van der Waals surface area contributed by atoms with Gasteiger partial charge in [0.1, 0.15) is 5.69 Å². The van der Waals surface area contributed by atoms with Crippen LogP contribution >= 0.6 is 23.2 Å². The van der Waals surface area contributed by atoms with Crippen molar-refractivity contribution in [1.82, 2.24) is 9.97 Å². The van der Waals surface area contributed by atoms with Gasteiger partial charge in [0.2, 0.25) is 11.2 Å². The normalized spacial score (nSPS) is 10.7. The Morgan fingerprint density at radius 1 is 1.23 bits per heavy atom. The molecule has 6 heteroatoms. The smallest absolute Gasteiger partial charge is 0.227 e. The molecule has 0 atom stereocenters. The van der Waals surface area contributed by atoms with E-state index in [4.69, 9.17) is 28.9 Å².